The highest BCUT2D eigenvalue weighted by Crippen LogP contribution is 2.25. The van der Waals surface area contributed by atoms with E-state index in [1.165, 1.54) is 14.0 Å². The Morgan fingerprint density at radius 2 is 2.04 bits per heavy atom. The smallest absolute Gasteiger partial charge is 0.243 e. The molecule has 1 aromatic carbocycles. The Labute approximate surface area is 147 Å². The van der Waals surface area contributed by atoms with Gasteiger partial charge < -0.3 is 10.1 Å². The van der Waals surface area contributed by atoms with E-state index in [1.54, 1.807) is 42.6 Å². The maximum Gasteiger partial charge on any atom is 0.243 e. The molecule has 8 heteroatoms. The van der Waals surface area contributed by atoms with Gasteiger partial charge in [-0.05, 0) is 31.2 Å². The Morgan fingerprint density at radius 3 is 2.64 bits per heavy atom. The summed E-state index contributed by atoms with van der Waals surface area (Å²) in [7, 11) is -2.18. The first-order chi connectivity index (χ1) is 11.8. The van der Waals surface area contributed by atoms with Gasteiger partial charge in [0.1, 0.15) is 11.8 Å². The first-order valence-corrected chi connectivity index (χ1v) is 9.49. The third-order valence-electron chi connectivity index (χ3n) is 3.57. The first-order valence-electron chi connectivity index (χ1n) is 7.64. The molecule has 1 N–H and O–H groups in total. The summed E-state index contributed by atoms with van der Waals surface area (Å²) in [5.41, 5.74) is 1.05. The maximum absolute atomic E-state index is 12.5. The fourth-order valence-electron chi connectivity index (χ4n) is 2.38. The molecule has 1 atom stereocenters. The lowest BCUT2D eigenvalue weighted by atomic mass is 10.2. The van der Waals surface area contributed by atoms with E-state index in [4.69, 9.17) is 4.74 Å². The number of methoxy groups -OCH3 is 1. The fourth-order valence-corrected chi connectivity index (χ4v) is 3.55. The third kappa shape index (κ3) is 4.93. The number of anilines is 1. The van der Waals surface area contributed by atoms with Crippen molar-refractivity contribution in [3.8, 4) is 5.75 Å². The predicted octanol–water partition coefficient (Wildman–Crippen LogP) is 1.56. The van der Waals surface area contributed by atoms with Crippen LogP contribution in [0.2, 0.25) is 0 Å². The van der Waals surface area contributed by atoms with Crippen molar-refractivity contribution >= 4 is 21.6 Å². The molecule has 2 rings (SSSR count). The molecule has 0 bridgehead atoms. The molecule has 0 radical (unpaired) electrons. The summed E-state index contributed by atoms with van der Waals surface area (Å²) in [6, 6.07) is 11.0. The minimum atomic E-state index is -3.67. The Kier molecular flexibility index (Phi) is 5.97. The van der Waals surface area contributed by atoms with Crippen LogP contribution in [0, 0.1) is 0 Å². The number of carbonyl (C=O) groups excluding carboxylic acids is 1. The van der Waals surface area contributed by atoms with E-state index < -0.39 is 22.0 Å². The van der Waals surface area contributed by atoms with Crippen LogP contribution in [0.3, 0.4) is 0 Å². The van der Waals surface area contributed by atoms with Gasteiger partial charge in [-0.1, -0.05) is 12.1 Å². The summed E-state index contributed by atoms with van der Waals surface area (Å²) in [6.45, 7) is 1.76. The topological polar surface area (TPSA) is 88.6 Å². The van der Waals surface area contributed by atoms with Crippen molar-refractivity contribution in [1.82, 2.24) is 10.3 Å². The summed E-state index contributed by atoms with van der Waals surface area (Å²) in [4.78, 5) is 16.6. The highest BCUT2D eigenvalue weighted by atomic mass is 32.2. The van der Waals surface area contributed by atoms with E-state index in [0.717, 1.165) is 10.6 Å². The number of benzene rings is 1. The van der Waals surface area contributed by atoms with Crippen LogP contribution in [0.1, 0.15) is 12.6 Å². The minimum Gasteiger partial charge on any atom is -0.497 e. The highest BCUT2D eigenvalue weighted by Gasteiger charge is 2.29. The lowest BCUT2D eigenvalue weighted by Gasteiger charge is -2.28. The Morgan fingerprint density at radius 1 is 1.28 bits per heavy atom. The number of hydrogen-bond donors (Lipinski definition) is 1. The molecular weight excluding hydrogens is 342 g/mol. The average Bonchev–Trinajstić information content (AvgIpc) is 2.59. The minimum absolute atomic E-state index is 0.222. The van der Waals surface area contributed by atoms with Crippen LogP contribution < -0.4 is 14.4 Å². The summed E-state index contributed by atoms with van der Waals surface area (Å²) in [6.07, 6.45) is 2.69. The summed E-state index contributed by atoms with van der Waals surface area (Å²) >= 11 is 0. The van der Waals surface area contributed by atoms with Gasteiger partial charge in [-0.25, -0.2) is 8.42 Å². The number of carbonyl (C=O) groups is 1. The molecule has 0 aliphatic carbocycles. The monoisotopic (exact) mass is 363 g/mol. The van der Waals surface area contributed by atoms with Crippen LogP contribution in [-0.4, -0.2) is 38.7 Å². The van der Waals surface area contributed by atoms with E-state index in [0.29, 0.717) is 17.1 Å². The second-order valence-corrected chi connectivity index (χ2v) is 7.33. The highest BCUT2D eigenvalue weighted by molar-refractivity contribution is 7.92. The van der Waals surface area contributed by atoms with E-state index in [2.05, 4.69) is 10.3 Å². The zero-order valence-electron chi connectivity index (χ0n) is 14.3. The quantitative estimate of drug-likeness (QED) is 0.806. The molecule has 0 fully saturated rings. The van der Waals surface area contributed by atoms with Gasteiger partial charge in [-0.2, -0.15) is 0 Å². The normalized spacial score (nSPS) is 12.3. The van der Waals surface area contributed by atoms with E-state index in [1.807, 2.05) is 6.07 Å². The molecule has 1 heterocycles. The van der Waals surface area contributed by atoms with Crippen molar-refractivity contribution in [2.75, 3.05) is 17.7 Å². The Bertz CT molecular complexity index is 825. The number of sulfonamides is 1. The molecular formula is C17H21N3O4S. The summed E-state index contributed by atoms with van der Waals surface area (Å²) in [5.74, 6) is 0.0890. The molecule has 134 valence electrons. The van der Waals surface area contributed by atoms with Gasteiger partial charge >= 0.3 is 0 Å². The van der Waals surface area contributed by atoms with Crippen molar-refractivity contribution in [3.63, 3.8) is 0 Å². The van der Waals surface area contributed by atoms with Gasteiger partial charge in [0.15, 0.2) is 0 Å². The van der Waals surface area contributed by atoms with Gasteiger partial charge in [0.05, 0.1) is 31.3 Å². The average molecular weight is 363 g/mol. The Hall–Kier alpha value is -2.61. The van der Waals surface area contributed by atoms with Crippen molar-refractivity contribution in [3.05, 3.63) is 54.4 Å². The van der Waals surface area contributed by atoms with Crippen LogP contribution in [0.25, 0.3) is 0 Å². The number of ether oxygens (including phenoxy) is 1. The number of aromatic nitrogens is 1. The van der Waals surface area contributed by atoms with Crippen molar-refractivity contribution < 1.29 is 17.9 Å². The van der Waals surface area contributed by atoms with Crippen LogP contribution in [-0.2, 0) is 21.4 Å². The second-order valence-electron chi connectivity index (χ2n) is 5.48. The van der Waals surface area contributed by atoms with E-state index in [9.17, 15) is 13.2 Å². The first kappa shape index (κ1) is 18.7. The molecule has 1 unspecified atom stereocenters. The molecule has 0 saturated heterocycles. The largest absolute Gasteiger partial charge is 0.497 e. The fraction of sp³-hybridized carbons (Fsp3) is 0.294. The van der Waals surface area contributed by atoms with E-state index >= 15 is 0 Å². The van der Waals surface area contributed by atoms with Gasteiger partial charge in [0.25, 0.3) is 0 Å². The maximum atomic E-state index is 12.5. The van der Waals surface area contributed by atoms with Crippen LogP contribution in [0.5, 0.6) is 5.75 Å². The lowest BCUT2D eigenvalue weighted by molar-refractivity contribution is -0.122. The SMILES string of the molecule is COc1cccc(N(C(C)C(=O)NCc2ccccn2)S(C)(=O)=O)c1. The molecule has 2 aromatic rings. The van der Waals surface area contributed by atoms with Gasteiger partial charge in [-0.15, -0.1) is 0 Å². The van der Waals surface area contributed by atoms with Gasteiger partial charge in [0.2, 0.25) is 15.9 Å². The second kappa shape index (κ2) is 7.98. The molecule has 1 aromatic heterocycles. The molecule has 25 heavy (non-hydrogen) atoms. The number of pyridine rings is 1. The van der Waals surface area contributed by atoms with Crippen LogP contribution >= 0.6 is 0 Å². The molecule has 0 aliphatic heterocycles. The zero-order chi connectivity index (χ0) is 18.4. The molecule has 0 saturated carbocycles. The van der Waals surface area contributed by atoms with E-state index in [-0.39, 0.29) is 6.54 Å². The van der Waals surface area contributed by atoms with Crippen LogP contribution in [0.4, 0.5) is 5.69 Å². The summed E-state index contributed by atoms with van der Waals surface area (Å²) < 4.78 is 30.7. The molecule has 0 aliphatic rings. The number of amides is 1. The zero-order valence-corrected chi connectivity index (χ0v) is 15.2. The van der Waals surface area contributed by atoms with Gasteiger partial charge in [0, 0.05) is 12.3 Å². The number of nitrogens with zero attached hydrogens (tertiary/aromatic N) is 2. The number of hydrogen-bond acceptors (Lipinski definition) is 5. The lowest BCUT2D eigenvalue weighted by Crippen LogP contribution is -2.47. The van der Waals surface area contributed by atoms with Crippen molar-refractivity contribution in [2.24, 2.45) is 0 Å². The third-order valence-corrected chi connectivity index (χ3v) is 4.81. The standard InChI is InChI=1S/C17H21N3O4S/c1-13(17(21)19-12-14-7-4-5-10-18-14)20(25(3,22)23)15-8-6-9-16(11-15)24-2/h4-11,13H,12H2,1-3H3,(H,19,21). The summed E-state index contributed by atoms with van der Waals surface area (Å²) in [5, 5.41) is 2.71. The van der Waals surface area contributed by atoms with Crippen molar-refractivity contribution in [2.45, 2.75) is 19.5 Å². The molecule has 0 spiro atoms. The van der Waals surface area contributed by atoms with Gasteiger partial charge in [-0.3, -0.25) is 14.1 Å². The Balaban J connectivity index is 2.20. The van der Waals surface area contributed by atoms with Crippen LogP contribution in [0.15, 0.2) is 48.7 Å². The predicted molar refractivity (Wildman–Crippen MR) is 95.9 cm³/mol. The number of nitrogens with one attached hydrogen (secondary N) is 1. The van der Waals surface area contributed by atoms with Crippen molar-refractivity contribution in [1.29, 1.82) is 0 Å². The molecule has 1 amide bonds. The number of rotatable bonds is 7. The molecule has 7 nitrogen and oxygen atoms in total.